The molecule has 0 saturated carbocycles. The van der Waals surface area contributed by atoms with Crippen LogP contribution < -0.4 is 5.84 Å². The number of nitrogens with zero attached hydrogens (tertiary/aromatic N) is 5. The molecular formula is C10H16N6S2. The molecule has 0 bridgehead atoms. The molecule has 0 fully saturated rings. The molecule has 0 radical (unpaired) electrons. The molecule has 0 spiro atoms. The summed E-state index contributed by atoms with van der Waals surface area (Å²) < 4.78 is 6.68. The van der Waals surface area contributed by atoms with E-state index in [4.69, 9.17) is 5.84 Å². The third kappa shape index (κ3) is 2.99. The number of hydrogen-bond acceptors (Lipinski definition) is 7. The van der Waals surface area contributed by atoms with Gasteiger partial charge < -0.3 is 5.84 Å². The summed E-state index contributed by atoms with van der Waals surface area (Å²) in [6.45, 7) is 6.29. The van der Waals surface area contributed by atoms with Gasteiger partial charge in [-0.05, 0) is 29.2 Å². The zero-order valence-electron chi connectivity index (χ0n) is 10.6. The summed E-state index contributed by atoms with van der Waals surface area (Å²) in [5.41, 5.74) is 0. The Bertz CT molecular complexity index is 518. The smallest absolute Gasteiger partial charge is 0.216 e. The zero-order valence-corrected chi connectivity index (χ0v) is 12.3. The van der Waals surface area contributed by atoms with Crippen molar-refractivity contribution in [2.24, 2.45) is 5.92 Å². The maximum absolute atomic E-state index is 5.88. The van der Waals surface area contributed by atoms with Gasteiger partial charge in [-0.25, -0.2) is 9.66 Å². The predicted octanol–water partition coefficient (Wildman–Crippen LogP) is 1.76. The minimum atomic E-state index is 0.558. The van der Waals surface area contributed by atoms with Crippen molar-refractivity contribution in [3.05, 3.63) is 11.6 Å². The van der Waals surface area contributed by atoms with Gasteiger partial charge in [-0.2, -0.15) is 4.37 Å². The third-order valence-corrected chi connectivity index (χ3v) is 4.02. The number of aryl methyl sites for hydroxylation is 1. The summed E-state index contributed by atoms with van der Waals surface area (Å²) in [7, 11) is 0. The standard InChI is InChI=1S/C10H16N6S2/c1-4-8-13-14-9(16(8)11)17-10-12-7(15-18-10)5-6(2)3/h6H,4-5,11H2,1-3H3. The fraction of sp³-hybridized carbons (Fsp3) is 0.600. The normalized spacial score (nSPS) is 11.3. The highest BCUT2D eigenvalue weighted by Crippen LogP contribution is 2.27. The number of aromatic nitrogens is 5. The summed E-state index contributed by atoms with van der Waals surface area (Å²) in [5, 5.41) is 8.70. The molecule has 0 atom stereocenters. The molecule has 0 saturated heterocycles. The van der Waals surface area contributed by atoms with Crippen LogP contribution in [0.25, 0.3) is 0 Å². The molecule has 18 heavy (non-hydrogen) atoms. The molecule has 2 heterocycles. The fourth-order valence-corrected chi connectivity index (χ4v) is 2.95. The highest BCUT2D eigenvalue weighted by molar-refractivity contribution is 8.00. The van der Waals surface area contributed by atoms with Gasteiger partial charge in [0.2, 0.25) is 5.16 Å². The Morgan fingerprint density at radius 1 is 1.39 bits per heavy atom. The average molecular weight is 284 g/mol. The first-order valence-corrected chi connectivity index (χ1v) is 7.39. The molecule has 6 nitrogen and oxygen atoms in total. The van der Waals surface area contributed by atoms with Gasteiger partial charge in [-0.3, -0.25) is 0 Å². The molecule has 0 unspecified atom stereocenters. The molecule has 0 aliphatic heterocycles. The van der Waals surface area contributed by atoms with Crippen LogP contribution in [0.4, 0.5) is 0 Å². The van der Waals surface area contributed by atoms with E-state index in [1.807, 2.05) is 6.92 Å². The monoisotopic (exact) mass is 284 g/mol. The molecule has 8 heteroatoms. The predicted molar refractivity (Wildman–Crippen MR) is 72.1 cm³/mol. The quantitative estimate of drug-likeness (QED) is 0.842. The largest absolute Gasteiger partial charge is 0.336 e. The van der Waals surface area contributed by atoms with E-state index in [0.717, 1.165) is 28.8 Å². The van der Waals surface area contributed by atoms with Crippen molar-refractivity contribution in [3.63, 3.8) is 0 Å². The molecule has 0 amide bonds. The second-order valence-corrected chi connectivity index (χ2v) is 6.27. The van der Waals surface area contributed by atoms with Crippen LogP contribution in [0.5, 0.6) is 0 Å². The first kappa shape index (κ1) is 13.3. The lowest BCUT2D eigenvalue weighted by Gasteiger charge is -1.99. The van der Waals surface area contributed by atoms with Crippen LogP contribution in [0.1, 0.15) is 32.4 Å². The first-order valence-electron chi connectivity index (χ1n) is 5.80. The van der Waals surface area contributed by atoms with Gasteiger partial charge in [-0.1, -0.05) is 20.8 Å². The Morgan fingerprint density at radius 3 is 2.78 bits per heavy atom. The lowest BCUT2D eigenvalue weighted by Crippen LogP contribution is -2.13. The lowest BCUT2D eigenvalue weighted by atomic mass is 10.1. The molecular weight excluding hydrogens is 268 g/mol. The van der Waals surface area contributed by atoms with Crippen molar-refractivity contribution in [3.8, 4) is 0 Å². The second kappa shape index (κ2) is 5.66. The fourth-order valence-electron chi connectivity index (χ4n) is 1.42. The molecule has 2 aromatic rings. The van der Waals surface area contributed by atoms with E-state index in [-0.39, 0.29) is 0 Å². The Balaban J connectivity index is 2.09. The van der Waals surface area contributed by atoms with E-state index in [1.165, 1.54) is 28.0 Å². The Labute approximate surface area is 114 Å². The van der Waals surface area contributed by atoms with Crippen LogP contribution in [0, 0.1) is 5.92 Å². The van der Waals surface area contributed by atoms with Gasteiger partial charge >= 0.3 is 0 Å². The van der Waals surface area contributed by atoms with Gasteiger partial charge in [0.05, 0.1) is 0 Å². The zero-order chi connectivity index (χ0) is 13.1. The van der Waals surface area contributed by atoms with Gasteiger partial charge in [-0.15, -0.1) is 10.2 Å². The van der Waals surface area contributed by atoms with Crippen LogP contribution in [-0.2, 0) is 12.8 Å². The van der Waals surface area contributed by atoms with E-state index in [2.05, 4.69) is 33.4 Å². The van der Waals surface area contributed by atoms with Crippen molar-refractivity contribution < 1.29 is 0 Å². The van der Waals surface area contributed by atoms with Crippen LogP contribution in [0.2, 0.25) is 0 Å². The van der Waals surface area contributed by atoms with E-state index >= 15 is 0 Å². The maximum atomic E-state index is 5.88. The minimum absolute atomic E-state index is 0.558. The minimum Gasteiger partial charge on any atom is -0.336 e. The van der Waals surface area contributed by atoms with Crippen LogP contribution >= 0.6 is 23.3 Å². The van der Waals surface area contributed by atoms with Crippen molar-refractivity contribution in [1.29, 1.82) is 0 Å². The summed E-state index contributed by atoms with van der Waals surface area (Å²) in [4.78, 5) is 4.46. The number of rotatable bonds is 5. The van der Waals surface area contributed by atoms with E-state index < -0.39 is 0 Å². The summed E-state index contributed by atoms with van der Waals surface area (Å²) in [6.07, 6.45) is 1.66. The average Bonchev–Trinajstić information content (AvgIpc) is 2.87. The van der Waals surface area contributed by atoms with Gasteiger partial charge in [0.1, 0.15) is 5.82 Å². The molecule has 2 N–H and O–H groups in total. The molecule has 0 aromatic carbocycles. The maximum Gasteiger partial charge on any atom is 0.216 e. The Kier molecular flexibility index (Phi) is 4.18. The van der Waals surface area contributed by atoms with Crippen molar-refractivity contribution >= 4 is 23.3 Å². The van der Waals surface area contributed by atoms with Crippen LogP contribution in [0.3, 0.4) is 0 Å². The number of hydrogen-bond donors (Lipinski definition) is 1. The van der Waals surface area contributed by atoms with Crippen molar-refractivity contribution in [2.75, 3.05) is 5.84 Å². The second-order valence-electron chi connectivity index (χ2n) is 4.30. The van der Waals surface area contributed by atoms with Crippen LogP contribution in [-0.4, -0.2) is 24.2 Å². The molecule has 0 aliphatic carbocycles. The summed E-state index contributed by atoms with van der Waals surface area (Å²) in [5.74, 6) is 8.09. The Hall–Kier alpha value is -1.15. The highest BCUT2D eigenvalue weighted by Gasteiger charge is 2.13. The lowest BCUT2D eigenvalue weighted by molar-refractivity contribution is 0.625. The Morgan fingerprint density at radius 2 is 2.17 bits per heavy atom. The van der Waals surface area contributed by atoms with E-state index in [9.17, 15) is 0 Å². The van der Waals surface area contributed by atoms with Gasteiger partial charge in [0.15, 0.2) is 10.2 Å². The summed E-state index contributed by atoms with van der Waals surface area (Å²) >= 11 is 2.78. The van der Waals surface area contributed by atoms with Gasteiger partial charge in [0.25, 0.3) is 0 Å². The molecule has 98 valence electrons. The van der Waals surface area contributed by atoms with E-state index in [0.29, 0.717) is 11.1 Å². The molecule has 2 aromatic heterocycles. The van der Waals surface area contributed by atoms with Crippen LogP contribution in [0.15, 0.2) is 9.50 Å². The van der Waals surface area contributed by atoms with Crippen molar-refractivity contribution in [2.45, 2.75) is 43.1 Å². The highest BCUT2D eigenvalue weighted by atomic mass is 32.2. The number of nitrogen functional groups attached to an aromatic ring is 1. The molecule has 2 rings (SSSR count). The number of nitrogens with two attached hydrogens (primary N) is 1. The van der Waals surface area contributed by atoms with Gasteiger partial charge in [0, 0.05) is 12.8 Å². The van der Waals surface area contributed by atoms with E-state index in [1.54, 1.807) is 0 Å². The first-order chi connectivity index (χ1) is 8.60. The van der Waals surface area contributed by atoms with Crippen molar-refractivity contribution in [1.82, 2.24) is 24.2 Å². The topological polar surface area (TPSA) is 82.5 Å². The third-order valence-electron chi connectivity index (χ3n) is 2.27. The SMILES string of the molecule is CCc1nnc(Sc2nc(CC(C)C)ns2)n1N. The summed E-state index contributed by atoms with van der Waals surface area (Å²) in [6, 6.07) is 0. The molecule has 0 aliphatic rings.